The number of quaternary nitrogens is 1. The fraction of sp³-hybridized carbons (Fsp3) is 0.294. The Morgan fingerprint density at radius 1 is 0.487 bits per heavy atom. The van der Waals surface area contributed by atoms with Gasteiger partial charge < -0.3 is 23.4 Å². The zero-order valence-corrected chi connectivity index (χ0v) is 21.8. The van der Waals surface area contributed by atoms with E-state index < -0.39 is 12.6 Å². The first-order chi connectivity index (χ1) is 19.3. The lowest BCUT2D eigenvalue weighted by atomic mass is 9.97. The Kier molecular flexibility index (Phi) is 5.68. The summed E-state index contributed by atoms with van der Waals surface area (Å²) in [5.41, 5.74) is 7.45. The summed E-state index contributed by atoms with van der Waals surface area (Å²) in [6.45, 7) is 3.00. The summed E-state index contributed by atoms with van der Waals surface area (Å²) in [6.07, 6.45) is -1.03. The molecule has 8 rings (SSSR count). The molecule has 2 unspecified atom stereocenters. The van der Waals surface area contributed by atoms with Crippen LogP contribution in [0.4, 0.5) is 0 Å². The molecule has 0 aromatic heterocycles. The van der Waals surface area contributed by atoms with E-state index in [2.05, 4.69) is 72.8 Å². The molecule has 5 nitrogen and oxygen atoms in total. The number of rotatable bonds is 2. The van der Waals surface area contributed by atoms with Gasteiger partial charge in [-0.15, -0.1) is 0 Å². The second kappa shape index (κ2) is 9.40. The minimum absolute atomic E-state index is 0.110. The van der Waals surface area contributed by atoms with Crippen molar-refractivity contribution in [3.05, 3.63) is 131 Å². The summed E-state index contributed by atoms with van der Waals surface area (Å²) in [4.78, 5) is 0. The third kappa shape index (κ3) is 3.80. The van der Waals surface area contributed by atoms with E-state index in [-0.39, 0.29) is 24.3 Å². The monoisotopic (exact) mass is 518 g/mol. The highest BCUT2D eigenvalue weighted by Crippen LogP contribution is 2.51. The normalized spacial score (nSPS) is 30.5. The first-order valence-electron chi connectivity index (χ1n) is 14.0. The Hall–Kier alpha value is -3.32. The molecule has 4 heterocycles. The van der Waals surface area contributed by atoms with Gasteiger partial charge in [0.15, 0.2) is 12.6 Å². The molecule has 5 heteroatoms. The van der Waals surface area contributed by atoms with Gasteiger partial charge in [0.25, 0.3) is 0 Å². The second-order valence-corrected chi connectivity index (χ2v) is 11.2. The van der Waals surface area contributed by atoms with Crippen LogP contribution in [0.1, 0.15) is 34.8 Å². The maximum atomic E-state index is 6.88. The van der Waals surface area contributed by atoms with Crippen molar-refractivity contribution >= 4 is 0 Å². The highest BCUT2D eigenvalue weighted by molar-refractivity contribution is 5.71. The Morgan fingerprint density at radius 2 is 0.897 bits per heavy atom. The van der Waals surface area contributed by atoms with Gasteiger partial charge in [0.1, 0.15) is 50.6 Å². The second-order valence-electron chi connectivity index (χ2n) is 11.2. The fourth-order valence-corrected chi connectivity index (χ4v) is 7.40. The first-order valence-corrected chi connectivity index (χ1v) is 14.0. The lowest BCUT2D eigenvalue weighted by Crippen LogP contribution is -2.61. The fourth-order valence-electron chi connectivity index (χ4n) is 7.40. The predicted molar refractivity (Wildman–Crippen MR) is 147 cm³/mol. The molecule has 39 heavy (non-hydrogen) atoms. The number of benzene rings is 4. The van der Waals surface area contributed by atoms with Crippen LogP contribution in [0.2, 0.25) is 0 Å². The Balaban J connectivity index is 1.23. The molecule has 0 saturated carbocycles. The van der Waals surface area contributed by atoms with Crippen molar-refractivity contribution in [2.45, 2.75) is 50.0 Å². The van der Waals surface area contributed by atoms with Gasteiger partial charge in [-0.1, -0.05) is 109 Å². The molecule has 6 atom stereocenters. The molecule has 4 aromatic rings. The van der Waals surface area contributed by atoms with Crippen LogP contribution in [0.25, 0.3) is 11.1 Å². The average molecular weight is 519 g/mol. The van der Waals surface area contributed by atoms with Gasteiger partial charge in [0, 0.05) is 22.3 Å². The van der Waals surface area contributed by atoms with Crippen molar-refractivity contribution in [3.8, 4) is 11.1 Å². The standard InChI is InChI=1S/C34H32NO4/c1-3-11-23(12-4-1)33-36-21-29-31(38-33)32-30(22-37-34(39-32)24-13-5-2-6-14-24)35(29)19-25-15-7-9-17-27(25)28-18-10-8-16-26(28)20-35/h1-18,29-34H,19-22H2/q+1/t29-,30-,31+,32+,33?,34?/m0/s1. The van der Waals surface area contributed by atoms with Gasteiger partial charge in [-0.25, -0.2) is 0 Å². The molecule has 0 aliphatic carbocycles. The van der Waals surface area contributed by atoms with Crippen LogP contribution in [0.5, 0.6) is 0 Å². The van der Waals surface area contributed by atoms with Gasteiger partial charge in [-0.05, 0) is 11.1 Å². The number of ether oxygens (including phenoxy) is 4. The first kappa shape index (κ1) is 23.6. The maximum Gasteiger partial charge on any atom is 0.184 e. The summed E-state index contributed by atoms with van der Waals surface area (Å²) in [5, 5.41) is 0. The van der Waals surface area contributed by atoms with E-state index in [0.29, 0.717) is 13.2 Å². The van der Waals surface area contributed by atoms with E-state index in [0.717, 1.165) is 28.7 Å². The number of nitrogens with zero attached hydrogens (tertiary/aromatic N) is 1. The maximum absolute atomic E-state index is 6.88. The van der Waals surface area contributed by atoms with E-state index in [1.54, 1.807) is 0 Å². The van der Waals surface area contributed by atoms with Gasteiger partial charge in [-0.3, -0.25) is 0 Å². The van der Waals surface area contributed by atoms with Crippen molar-refractivity contribution in [1.29, 1.82) is 0 Å². The molecule has 3 fully saturated rings. The predicted octanol–water partition coefficient (Wildman–Crippen LogP) is 6.16. The lowest BCUT2D eigenvalue weighted by Gasteiger charge is -2.47. The van der Waals surface area contributed by atoms with E-state index in [9.17, 15) is 0 Å². The zero-order chi connectivity index (χ0) is 25.8. The quantitative estimate of drug-likeness (QED) is 0.298. The van der Waals surface area contributed by atoms with Crippen LogP contribution in [0.15, 0.2) is 109 Å². The van der Waals surface area contributed by atoms with Crippen LogP contribution in [0, 0.1) is 0 Å². The summed E-state index contributed by atoms with van der Waals surface area (Å²) < 4.78 is 27.6. The average Bonchev–Trinajstić information content (AvgIpc) is 3.16. The zero-order valence-electron chi connectivity index (χ0n) is 21.8. The van der Waals surface area contributed by atoms with Crippen LogP contribution in [-0.4, -0.2) is 42.0 Å². The molecule has 0 N–H and O–H groups in total. The molecule has 3 saturated heterocycles. The van der Waals surface area contributed by atoms with E-state index in [1.807, 2.05) is 36.4 Å². The van der Waals surface area contributed by atoms with Gasteiger partial charge in [0.2, 0.25) is 0 Å². The summed E-state index contributed by atoms with van der Waals surface area (Å²) in [7, 11) is 0. The molecule has 4 aliphatic rings. The molecular weight excluding hydrogens is 486 g/mol. The molecule has 196 valence electrons. The molecule has 0 radical (unpaired) electrons. The number of fused-ring (bicyclic) bond motifs is 8. The smallest absolute Gasteiger partial charge is 0.184 e. The molecule has 4 aromatic carbocycles. The third-order valence-corrected chi connectivity index (χ3v) is 9.20. The summed E-state index contributed by atoms with van der Waals surface area (Å²) >= 11 is 0. The summed E-state index contributed by atoms with van der Waals surface area (Å²) in [5.74, 6) is 0. The molecular formula is C34H32NO4+. The van der Waals surface area contributed by atoms with Crippen LogP contribution >= 0.6 is 0 Å². The minimum Gasteiger partial charge on any atom is -0.342 e. The van der Waals surface area contributed by atoms with Crippen LogP contribution in [0.3, 0.4) is 0 Å². The van der Waals surface area contributed by atoms with Crippen molar-refractivity contribution in [2.75, 3.05) is 13.2 Å². The number of hydrogen-bond donors (Lipinski definition) is 0. The van der Waals surface area contributed by atoms with E-state index in [1.165, 1.54) is 22.3 Å². The topological polar surface area (TPSA) is 36.9 Å². The van der Waals surface area contributed by atoms with Gasteiger partial charge in [-0.2, -0.15) is 0 Å². The van der Waals surface area contributed by atoms with Crippen molar-refractivity contribution in [1.82, 2.24) is 0 Å². The van der Waals surface area contributed by atoms with E-state index >= 15 is 0 Å². The highest BCUT2D eigenvalue weighted by Gasteiger charge is 2.66. The van der Waals surface area contributed by atoms with Crippen LogP contribution < -0.4 is 0 Å². The Morgan fingerprint density at radius 3 is 1.36 bits per heavy atom. The lowest BCUT2D eigenvalue weighted by molar-refractivity contribution is -0.990. The van der Waals surface area contributed by atoms with Crippen molar-refractivity contribution < 1.29 is 23.4 Å². The Bertz CT molecular complexity index is 1360. The highest BCUT2D eigenvalue weighted by atomic mass is 16.7. The van der Waals surface area contributed by atoms with Crippen molar-refractivity contribution in [3.63, 3.8) is 0 Å². The largest absolute Gasteiger partial charge is 0.342 e. The van der Waals surface area contributed by atoms with Gasteiger partial charge in [0.05, 0.1) is 0 Å². The SMILES string of the molecule is c1ccc(C2OC[C@H]3[C@@H](O2)[C@@H]2OC(c4ccccc4)OC[C@@H]2[N+]32Cc3ccccc3-c3ccccc3C2)cc1. The van der Waals surface area contributed by atoms with E-state index in [4.69, 9.17) is 18.9 Å². The molecule has 0 amide bonds. The van der Waals surface area contributed by atoms with Gasteiger partial charge >= 0.3 is 0 Å². The summed E-state index contributed by atoms with van der Waals surface area (Å²) in [6, 6.07) is 38.5. The molecule has 4 aliphatic heterocycles. The molecule has 1 spiro atoms. The minimum atomic E-state index is -0.403. The number of hydrogen-bond acceptors (Lipinski definition) is 4. The molecule has 0 bridgehead atoms. The van der Waals surface area contributed by atoms with Crippen LogP contribution in [-0.2, 0) is 32.0 Å². The van der Waals surface area contributed by atoms with Crippen molar-refractivity contribution in [2.24, 2.45) is 0 Å². The third-order valence-electron chi connectivity index (χ3n) is 9.20. The Labute approximate surface area is 229 Å².